The van der Waals surface area contributed by atoms with Gasteiger partial charge in [0, 0.05) is 110 Å². The van der Waals surface area contributed by atoms with Crippen LogP contribution in [-0.2, 0) is 17.8 Å². The number of hydrogen-bond donors (Lipinski definition) is 1. The third-order valence-corrected chi connectivity index (χ3v) is 2.68. The first-order valence-electron chi connectivity index (χ1n) is 2.28. The molecule has 2 N–H and O–H groups in total. The molecule has 5 nitrogen and oxygen atoms in total. The van der Waals surface area contributed by atoms with Gasteiger partial charge < -0.3 is 13.3 Å². The molecule has 0 unspecified atom stereocenters. The Labute approximate surface area is 140 Å². The molecule has 9 heteroatoms. The topological polar surface area (TPSA) is 62.9 Å². The molecule has 0 aliphatic rings. The summed E-state index contributed by atoms with van der Waals surface area (Å²) in [6.07, 6.45) is 0. The molecule has 0 spiro atoms. The van der Waals surface area contributed by atoms with E-state index in [4.69, 9.17) is 19.2 Å². The third-order valence-electron chi connectivity index (χ3n) is 0.894. The molecule has 0 heterocycles. The second-order valence-electron chi connectivity index (χ2n) is 1.23. The normalized spacial score (nSPS) is 9.00. The van der Waals surface area contributed by atoms with Gasteiger partial charge in [0.25, 0.3) is 0 Å². The number of nitrogens with two attached hydrogens (primary N) is 1. The molecule has 3 radical (unpaired) electrons. The van der Waals surface area contributed by atoms with Crippen LogP contribution in [0.5, 0.6) is 0 Å². The van der Waals surface area contributed by atoms with Crippen molar-refractivity contribution >= 4 is 97.7 Å². The van der Waals surface area contributed by atoms with Crippen molar-refractivity contribution in [3.63, 3.8) is 0 Å². The molecule has 0 atom stereocenters. The predicted molar refractivity (Wildman–Crippen MR) is 49.3 cm³/mol. The van der Waals surface area contributed by atoms with Crippen molar-refractivity contribution in [1.82, 2.24) is 0 Å². The van der Waals surface area contributed by atoms with Crippen LogP contribution in [0.3, 0.4) is 0 Å². The van der Waals surface area contributed by atoms with Gasteiger partial charge in [-0.05, 0) is 0 Å². The molecule has 0 aromatic rings. The van der Waals surface area contributed by atoms with Gasteiger partial charge in [-0.25, -0.2) is 5.90 Å². The van der Waals surface area contributed by atoms with Gasteiger partial charge in [-0.2, -0.15) is 0 Å². The van der Waals surface area contributed by atoms with Crippen LogP contribution in [0.1, 0.15) is 0 Å². The Balaban J connectivity index is -0.000000107. The van der Waals surface area contributed by atoms with Gasteiger partial charge in [0.05, 0.1) is 0 Å². The van der Waals surface area contributed by atoms with Gasteiger partial charge in [0.1, 0.15) is 0 Å². The van der Waals surface area contributed by atoms with E-state index in [1.807, 2.05) is 0 Å². The van der Waals surface area contributed by atoms with Gasteiger partial charge in [-0.3, -0.25) is 4.53 Å². The van der Waals surface area contributed by atoms with Crippen molar-refractivity contribution in [1.29, 1.82) is 0 Å². The Hall–Kier alpha value is 3.02. The average molecular weight is 222 g/mol. The minimum atomic E-state index is -2.91. The molecule has 12 heavy (non-hydrogen) atoms. The Morgan fingerprint density at radius 2 is 1.08 bits per heavy atom. The van der Waals surface area contributed by atoms with Crippen molar-refractivity contribution in [2.75, 3.05) is 21.3 Å². The zero-order valence-corrected chi connectivity index (χ0v) is 15.7. The summed E-state index contributed by atoms with van der Waals surface area (Å²) in [6, 6.07) is 0. The fourth-order valence-electron chi connectivity index (χ4n) is 0.394. The molecular formula is C3H11NNa3O4Si. The van der Waals surface area contributed by atoms with E-state index in [1.54, 1.807) is 0 Å². The fraction of sp³-hybridized carbons (Fsp3) is 1.00. The summed E-state index contributed by atoms with van der Waals surface area (Å²) in [5, 5.41) is 0. The van der Waals surface area contributed by atoms with Crippen molar-refractivity contribution in [3.05, 3.63) is 0 Å². The zero-order chi connectivity index (χ0) is 7.33. The Bertz CT molecular complexity index is 68.4. The van der Waals surface area contributed by atoms with Crippen LogP contribution in [0.25, 0.3) is 0 Å². The van der Waals surface area contributed by atoms with Crippen LogP contribution in [0, 0.1) is 0 Å². The van der Waals surface area contributed by atoms with Crippen molar-refractivity contribution in [2.24, 2.45) is 5.90 Å². The van der Waals surface area contributed by atoms with Gasteiger partial charge in [-0.15, -0.1) is 0 Å². The summed E-state index contributed by atoms with van der Waals surface area (Å²) in [7, 11) is 1.31. The summed E-state index contributed by atoms with van der Waals surface area (Å²) in [5.74, 6) is 4.83. The van der Waals surface area contributed by atoms with E-state index in [2.05, 4.69) is 4.53 Å². The van der Waals surface area contributed by atoms with E-state index in [9.17, 15) is 0 Å². The Morgan fingerprint density at radius 3 is 1.08 bits per heavy atom. The smallest absolute Gasteiger partial charge is 0.354 e. The van der Waals surface area contributed by atoms with Gasteiger partial charge in [0.2, 0.25) is 0 Å². The van der Waals surface area contributed by atoms with Crippen LogP contribution in [0.4, 0.5) is 0 Å². The van der Waals surface area contributed by atoms with Gasteiger partial charge in [0.15, 0.2) is 0 Å². The maximum Gasteiger partial charge on any atom is 0.695 e. The SMILES string of the molecule is CO[Si](OC)(OC)ON.[Na].[Na].[Na]. The number of rotatable bonds is 4. The monoisotopic (exact) mass is 222 g/mol. The van der Waals surface area contributed by atoms with Crippen LogP contribution in [0.2, 0.25) is 0 Å². The van der Waals surface area contributed by atoms with E-state index >= 15 is 0 Å². The van der Waals surface area contributed by atoms with E-state index in [0.717, 1.165) is 0 Å². The van der Waals surface area contributed by atoms with E-state index in [-0.39, 0.29) is 88.7 Å². The summed E-state index contributed by atoms with van der Waals surface area (Å²) in [6.45, 7) is 0. The first-order chi connectivity index (χ1) is 4.24. The van der Waals surface area contributed by atoms with Gasteiger partial charge in [-0.1, -0.05) is 0 Å². The minimum Gasteiger partial charge on any atom is -0.354 e. The molecule has 0 rings (SSSR count). The first-order valence-corrected chi connectivity index (χ1v) is 3.91. The maximum atomic E-state index is 4.83. The first kappa shape index (κ1) is 24.3. The molecule has 0 amide bonds. The third kappa shape index (κ3) is 8.34. The van der Waals surface area contributed by atoms with Gasteiger partial charge >= 0.3 is 9.05 Å². The second kappa shape index (κ2) is 14.0. The van der Waals surface area contributed by atoms with E-state index in [0.29, 0.717) is 0 Å². The molecule has 0 saturated carbocycles. The van der Waals surface area contributed by atoms with E-state index in [1.165, 1.54) is 21.3 Å². The van der Waals surface area contributed by atoms with E-state index < -0.39 is 9.05 Å². The average Bonchev–Trinajstić information content (AvgIpc) is 1.95. The second-order valence-corrected chi connectivity index (χ2v) is 3.69. The summed E-state index contributed by atoms with van der Waals surface area (Å²) >= 11 is 0. The molecular weight excluding hydrogens is 211 g/mol. The minimum absolute atomic E-state index is 0. The molecule has 0 aliphatic heterocycles. The molecule has 0 saturated heterocycles. The fourth-order valence-corrected chi connectivity index (χ4v) is 1.18. The molecule has 0 fully saturated rings. The molecule has 0 aromatic heterocycles. The van der Waals surface area contributed by atoms with Crippen LogP contribution in [0.15, 0.2) is 0 Å². The van der Waals surface area contributed by atoms with Crippen molar-refractivity contribution in [3.8, 4) is 0 Å². The Kier molecular flexibility index (Phi) is 28.4. The standard InChI is InChI=1S/C3H11NO4Si.3Na/c1-5-9(6-2,7-3)8-4;;;/h4H2,1-3H3;;;. The largest absolute Gasteiger partial charge is 0.695 e. The predicted octanol–water partition coefficient (Wildman–Crippen LogP) is -1.89. The van der Waals surface area contributed by atoms with Crippen molar-refractivity contribution in [2.45, 2.75) is 0 Å². The quantitative estimate of drug-likeness (QED) is 0.445. The molecule has 0 aromatic carbocycles. The van der Waals surface area contributed by atoms with Crippen LogP contribution < -0.4 is 5.90 Å². The van der Waals surface area contributed by atoms with Crippen LogP contribution in [-0.4, -0.2) is 119 Å². The zero-order valence-electron chi connectivity index (χ0n) is 8.71. The Morgan fingerprint density at radius 1 is 0.833 bits per heavy atom. The van der Waals surface area contributed by atoms with Crippen molar-refractivity contribution < 1.29 is 17.8 Å². The van der Waals surface area contributed by atoms with Crippen LogP contribution >= 0.6 is 0 Å². The molecule has 59 valence electrons. The maximum absolute atomic E-state index is 4.83. The summed E-state index contributed by atoms with van der Waals surface area (Å²) in [4.78, 5) is 0. The summed E-state index contributed by atoms with van der Waals surface area (Å²) < 4.78 is 18.6. The number of hydrogen-bond acceptors (Lipinski definition) is 5. The summed E-state index contributed by atoms with van der Waals surface area (Å²) in [5.41, 5.74) is 0. The molecule has 0 bridgehead atoms. The molecule has 0 aliphatic carbocycles.